The lowest BCUT2D eigenvalue weighted by molar-refractivity contribution is -0.127. The molecular weight excluding hydrogens is 526 g/mol. The first-order valence-electron chi connectivity index (χ1n) is 12.1. The van der Waals surface area contributed by atoms with Gasteiger partial charge in [0.15, 0.2) is 4.80 Å². The highest BCUT2D eigenvalue weighted by atomic mass is 35.5. The number of halogens is 1. The number of allylic oxidation sites excluding steroid dienone is 1. The number of benzene rings is 2. The number of hydrogen-bond donors (Lipinski definition) is 0. The highest BCUT2D eigenvalue weighted by molar-refractivity contribution is 7.07. The second-order valence-electron chi connectivity index (χ2n) is 8.56. The van der Waals surface area contributed by atoms with E-state index in [0.717, 1.165) is 5.56 Å². The predicted molar refractivity (Wildman–Crippen MR) is 149 cm³/mol. The maximum Gasteiger partial charge on any atom is 0.271 e. The van der Waals surface area contributed by atoms with Crippen molar-refractivity contribution in [2.45, 2.75) is 26.8 Å². The Labute approximate surface area is 230 Å². The topological polar surface area (TPSA) is 82.4 Å². The fourth-order valence-electron chi connectivity index (χ4n) is 4.55. The van der Waals surface area contributed by atoms with Crippen LogP contribution in [-0.4, -0.2) is 49.8 Å². The van der Waals surface area contributed by atoms with E-state index < -0.39 is 6.04 Å². The number of amides is 1. The van der Waals surface area contributed by atoms with E-state index in [9.17, 15) is 9.59 Å². The Hall–Kier alpha value is -3.56. The van der Waals surface area contributed by atoms with Crippen molar-refractivity contribution in [1.29, 1.82) is 0 Å². The molecule has 1 aromatic heterocycles. The number of fused-ring (bicyclic) bond motifs is 1. The number of carbonyl (C=O) groups is 1. The number of hydrogen-bond acceptors (Lipinski definition) is 7. The van der Waals surface area contributed by atoms with Gasteiger partial charge >= 0.3 is 0 Å². The second kappa shape index (κ2) is 11.4. The van der Waals surface area contributed by atoms with Crippen LogP contribution in [0.15, 0.2) is 57.5 Å². The van der Waals surface area contributed by atoms with Crippen LogP contribution in [-0.2, 0) is 4.79 Å². The third-order valence-corrected chi connectivity index (χ3v) is 7.79. The van der Waals surface area contributed by atoms with E-state index in [2.05, 4.69) is 0 Å². The number of thiazole rings is 1. The van der Waals surface area contributed by atoms with E-state index in [1.54, 1.807) is 74.1 Å². The molecule has 0 bridgehead atoms. The number of carbonyl (C=O) groups excluding carboxylic acids is 1. The summed E-state index contributed by atoms with van der Waals surface area (Å²) in [7, 11) is 4.68. The number of nitrogens with zero attached hydrogens (tertiary/aromatic N) is 3. The molecule has 0 saturated carbocycles. The van der Waals surface area contributed by atoms with Crippen LogP contribution in [0.25, 0.3) is 6.08 Å². The molecule has 0 fully saturated rings. The van der Waals surface area contributed by atoms with Crippen LogP contribution in [0.5, 0.6) is 17.2 Å². The fourth-order valence-corrected chi connectivity index (χ4v) is 5.86. The third kappa shape index (κ3) is 4.96. The molecule has 2 aromatic carbocycles. The van der Waals surface area contributed by atoms with Gasteiger partial charge < -0.3 is 19.1 Å². The van der Waals surface area contributed by atoms with Crippen molar-refractivity contribution in [3.05, 3.63) is 83.5 Å². The maximum atomic E-state index is 14.0. The van der Waals surface area contributed by atoms with Gasteiger partial charge in [-0.1, -0.05) is 29.0 Å². The third-order valence-electron chi connectivity index (χ3n) is 6.51. The molecule has 38 heavy (non-hydrogen) atoms. The summed E-state index contributed by atoms with van der Waals surface area (Å²) in [5.41, 5.74) is 2.08. The number of aromatic nitrogens is 1. The standard InChI is InChI=1S/C28H30ClN3O5S/c1-7-31(8-2)27(34)24-16(3)30-28-32(25(24)19-15-18(35-4)10-12-21(19)36-5)26(33)23(38-28)14-17-9-11-22(37-6)20(29)13-17/h9-15,25H,7-8H2,1-6H3/b23-14-/t25-/m1/s1. The monoisotopic (exact) mass is 555 g/mol. The lowest BCUT2D eigenvalue weighted by atomic mass is 9.93. The largest absolute Gasteiger partial charge is 0.497 e. The molecule has 200 valence electrons. The first kappa shape index (κ1) is 27.5. The van der Waals surface area contributed by atoms with Gasteiger partial charge in [0.1, 0.15) is 23.3 Å². The SMILES string of the molecule is CCN(CC)C(=O)C1=C(C)N=c2s/c(=C\c3ccc(OC)c(Cl)c3)c(=O)n2[C@@H]1c1cc(OC)ccc1OC. The van der Waals surface area contributed by atoms with Crippen molar-refractivity contribution in [3.8, 4) is 17.2 Å². The molecule has 1 aliphatic heterocycles. The summed E-state index contributed by atoms with van der Waals surface area (Å²) in [5, 5.41) is 0.441. The second-order valence-corrected chi connectivity index (χ2v) is 9.98. The van der Waals surface area contributed by atoms with Gasteiger partial charge in [-0.3, -0.25) is 14.2 Å². The highest BCUT2D eigenvalue weighted by Crippen LogP contribution is 2.38. The van der Waals surface area contributed by atoms with Gasteiger partial charge in [0.25, 0.3) is 11.5 Å². The molecule has 0 N–H and O–H groups in total. The Morgan fingerprint density at radius 3 is 2.37 bits per heavy atom. The lowest BCUT2D eigenvalue weighted by Gasteiger charge is -2.30. The lowest BCUT2D eigenvalue weighted by Crippen LogP contribution is -2.43. The predicted octanol–water partition coefficient (Wildman–Crippen LogP) is 3.78. The molecule has 1 amide bonds. The van der Waals surface area contributed by atoms with E-state index >= 15 is 0 Å². The van der Waals surface area contributed by atoms with Gasteiger partial charge in [0, 0.05) is 18.7 Å². The van der Waals surface area contributed by atoms with Crippen molar-refractivity contribution < 1.29 is 19.0 Å². The minimum absolute atomic E-state index is 0.178. The maximum absolute atomic E-state index is 14.0. The summed E-state index contributed by atoms with van der Waals surface area (Å²) >= 11 is 7.57. The van der Waals surface area contributed by atoms with Crippen molar-refractivity contribution >= 4 is 34.9 Å². The van der Waals surface area contributed by atoms with Crippen LogP contribution in [0.1, 0.15) is 37.9 Å². The molecule has 10 heteroatoms. The van der Waals surface area contributed by atoms with Gasteiger partial charge in [0.2, 0.25) is 0 Å². The summed E-state index contributed by atoms with van der Waals surface area (Å²) in [6.45, 7) is 6.70. The van der Waals surface area contributed by atoms with Crippen LogP contribution in [0, 0.1) is 0 Å². The average Bonchev–Trinajstić information content (AvgIpc) is 3.22. The van der Waals surface area contributed by atoms with Gasteiger partial charge in [0.05, 0.1) is 42.2 Å². The molecule has 4 rings (SSSR count). The fraction of sp³-hybridized carbons (Fsp3) is 0.321. The minimum Gasteiger partial charge on any atom is -0.497 e. The number of rotatable bonds is 8. The molecule has 0 spiro atoms. The zero-order chi connectivity index (χ0) is 27.6. The molecule has 0 radical (unpaired) electrons. The van der Waals surface area contributed by atoms with E-state index in [1.807, 2.05) is 19.9 Å². The zero-order valence-electron chi connectivity index (χ0n) is 22.2. The zero-order valence-corrected chi connectivity index (χ0v) is 23.8. The summed E-state index contributed by atoms with van der Waals surface area (Å²) < 4.78 is 18.4. The Balaban J connectivity index is 2.01. The minimum atomic E-state index is -0.758. The Bertz CT molecular complexity index is 1590. The van der Waals surface area contributed by atoms with Crippen LogP contribution < -0.4 is 29.1 Å². The molecule has 3 aromatic rings. The molecule has 1 atom stereocenters. The normalized spacial score (nSPS) is 15.1. The van der Waals surface area contributed by atoms with Gasteiger partial charge in [-0.05, 0) is 62.7 Å². The van der Waals surface area contributed by atoms with Gasteiger partial charge in [-0.25, -0.2) is 4.99 Å². The van der Waals surface area contributed by atoms with E-state index in [0.29, 0.717) is 61.5 Å². The first-order valence-corrected chi connectivity index (χ1v) is 13.3. The summed E-state index contributed by atoms with van der Waals surface area (Å²) in [5.74, 6) is 1.49. The van der Waals surface area contributed by atoms with E-state index in [1.165, 1.54) is 11.3 Å². The molecule has 0 unspecified atom stereocenters. The molecule has 2 heterocycles. The number of ether oxygens (including phenoxy) is 3. The molecule has 0 aliphatic carbocycles. The summed E-state index contributed by atoms with van der Waals surface area (Å²) in [4.78, 5) is 34.7. The highest BCUT2D eigenvalue weighted by Gasteiger charge is 2.36. The molecule has 0 saturated heterocycles. The molecule has 1 aliphatic rings. The van der Waals surface area contributed by atoms with Crippen LogP contribution >= 0.6 is 22.9 Å². The van der Waals surface area contributed by atoms with Crippen LogP contribution in [0.2, 0.25) is 5.02 Å². The smallest absolute Gasteiger partial charge is 0.271 e. The first-order chi connectivity index (χ1) is 18.3. The average molecular weight is 556 g/mol. The Kier molecular flexibility index (Phi) is 8.28. The quantitative estimate of drug-likeness (QED) is 0.422. The van der Waals surface area contributed by atoms with Crippen molar-refractivity contribution in [2.75, 3.05) is 34.4 Å². The van der Waals surface area contributed by atoms with Gasteiger partial charge in [-0.2, -0.15) is 0 Å². The summed E-state index contributed by atoms with van der Waals surface area (Å²) in [6, 6.07) is 9.91. The van der Waals surface area contributed by atoms with Crippen LogP contribution in [0.3, 0.4) is 0 Å². The van der Waals surface area contributed by atoms with Gasteiger partial charge in [-0.15, -0.1) is 0 Å². The Morgan fingerprint density at radius 2 is 1.76 bits per heavy atom. The van der Waals surface area contributed by atoms with Crippen molar-refractivity contribution in [3.63, 3.8) is 0 Å². The number of likely N-dealkylation sites (N-methyl/N-ethyl adjacent to an activating group) is 1. The van der Waals surface area contributed by atoms with Crippen molar-refractivity contribution in [2.24, 2.45) is 4.99 Å². The van der Waals surface area contributed by atoms with E-state index in [-0.39, 0.29) is 11.5 Å². The molecular formula is C28H30ClN3O5S. The Morgan fingerprint density at radius 1 is 1.08 bits per heavy atom. The summed E-state index contributed by atoms with van der Waals surface area (Å²) in [6.07, 6.45) is 1.76. The number of methoxy groups -OCH3 is 3. The van der Waals surface area contributed by atoms with Crippen molar-refractivity contribution in [1.82, 2.24) is 9.47 Å². The molecule has 8 nitrogen and oxygen atoms in total. The van der Waals surface area contributed by atoms with E-state index in [4.69, 9.17) is 30.8 Å². The van der Waals surface area contributed by atoms with Crippen LogP contribution in [0.4, 0.5) is 0 Å².